The van der Waals surface area contributed by atoms with E-state index < -0.39 is 97.5 Å². The Balaban J connectivity index is 5.19. The largest absolute Gasteiger partial charge is 0.472 e. The molecule has 6 atom stereocenters. The SMILES string of the molecule is CCCCCCCCCC(=O)OC[C@H](COP(=O)(O)OC[C@H](O)COP(=O)(O)OC[C@@H](COC(=O)CCCCCCCCCCCCCC(C)C)OC(=O)CCCCCCCCCCCCCCCCCCC(C)C)OC(=O)CCCCCCCCC(C)CC. The highest BCUT2D eigenvalue weighted by molar-refractivity contribution is 7.47. The summed E-state index contributed by atoms with van der Waals surface area (Å²) in [4.78, 5) is 72.4. The van der Waals surface area contributed by atoms with Gasteiger partial charge in [0.25, 0.3) is 0 Å². The lowest BCUT2D eigenvalue weighted by Crippen LogP contribution is -2.30. The van der Waals surface area contributed by atoms with Crippen LogP contribution in [0.25, 0.3) is 0 Å². The van der Waals surface area contributed by atoms with E-state index >= 15 is 0 Å². The van der Waals surface area contributed by atoms with Crippen LogP contribution in [0.1, 0.15) is 357 Å². The van der Waals surface area contributed by atoms with E-state index in [1.165, 1.54) is 154 Å². The molecule has 0 fully saturated rings. The molecule has 0 aromatic rings. The van der Waals surface area contributed by atoms with Crippen molar-refractivity contribution in [3.63, 3.8) is 0 Å². The molecule has 90 heavy (non-hydrogen) atoms. The number of esters is 4. The Morgan fingerprint density at radius 3 is 0.844 bits per heavy atom. The van der Waals surface area contributed by atoms with E-state index in [1.54, 1.807) is 0 Å². The van der Waals surface area contributed by atoms with Crippen LogP contribution in [0, 0.1) is 17.8 Å². The second-order valence-electron chi connectivity index (χ2n) is 26.8. The van der Waals surface area contributed by atoms with Gasteiger partial charge in [-0.25, -0.2) is 9.13 Å². The number of aliphatic hydroxyl groups excluding tert-OH is 1. The summed E-state index contributed by atoms with van der Waals surface area (Å²) in [5.74, 6) is 0.169. The fourth-order valence-corrected chi connectivity index (χ4v) is 12.3. The molecule has 0 aliphatic rings. The second-order valence-corrected chi connectivity index (χ2v) is 29.7. The molecule has 0 bridgehead atoms. The van der Waals surface area contributed by atoms with Gasteiger partial charge in [0, 0.05) is 25.7 Å². The number of phosphoric ester groups is 2. The van der Waals surface area contributed by atoms with E-state index in [9.17, 15) is 43.2 Å². The molecule has 0 aromatic heterocycles. The fourth-order valence-electron chi connectivity index (χ4n) is 10.7. The molecule has 0 aliphatic carbocycles. The van der Waals surface area contributed by atoms with E-state index in [-0.39, 0.29) is 25.7 Å². The molecule has 3 unspecified atom stereocenters. The van der Waals surface area contributed by atoms with Crippen molar-refractivity contribution < 1.29 is 80.2 Å². The van der Waals surface area contributed by atoms with Gasteiger partial charge in [0.1, 0.15) is 19.3 Å². The van der Waals surface area contributed by atoms with Crippen molar-refractivity contribution >= 4 is 39.5 Å². The Morgan fingerprint density at radius 2 is 0.567 bits per heavy atom. The Bertz CT molecular complexity index is 1770. The van der Waals surface area contributed by atoms with Crippen LogP contribution in [-0.4, -0.2) is 96.7 Å². The van der Waals surface area contributed by atoms with Crippen LogP contribution in [0.4, 0.5) is 0 Å². The molecule has 0 heterocycles. The molecule has 0 saturated carbocycles. The minimum absolute atomic E-state index is 0.102. The number of aliphatic hydroxyl groups is 1. The van der Waals surface area contributed by atoms with Crippen LogP contribution in [0.2, 0.25) is 0 Å². The highest BCUT2D eigenvalue weighted by atomic mass is 31.2. The predicted molar refractivity (Wildman–Crippen MR) is 363 cm³/mol. The zero-order chi connectivity index (χ0) is 66.6. The highest BCUT2D eigenvalue weighted by Gasteiger charge is 2.30. The van der Waals surface area contributed by atoms with Crippen LogP contribution in [0.5, 0.6) is 0 Å². The zero-order valence-electron chi connectivity index (χ0n) is 58.6. The lowest BCUT2D eigenvalue weighted by atomic mass is 10.00. The van der Waals surface area contributed by atoms with Gasteiger partial charge in [-0.05, 0) is 43.4 Å². The number of rotatable bonds is 69. The summed E-state index contributed by atoms with van der Waals surface area (Å²) in [5.41, 5.74) is 0. The van der Waals surface area contributed by atoms with Crippen LogP contribution >= 0.6 is 15.6 Å². The minimum Gasteiger partial charge on any atom is -0.462 e. The van der Waals surface area contributed by atoms with E-state index in [1.807, 2.05) is 0 Å². The molecule has 0 aliphatic heterocycles. The van der Waals surface area contributed by atoms with Gasteiger partial charge in [-0.1, -0.05) is 305 Å². The number of carbonyl (C=O) groups excluding carboxylic acids is 4. The molecule has 534 valence electrons. The summed E-state index contributed by atoms with van der Waals surface area (Å²) in [5, 5.41) is 10.6. The molecule has 3 N–H and O–H groups in total. The number of unbranched alkanes of at least 4 members (excludes halogenated alkanes) is 36. The maximum atomic E-state index is 13.0. The molecule has 0 spiro atoms. The maximum absolute atomic E-state index is 13.0. The lowest BCUT2D eigenvalue weighted by molar-refractivity contribution is -0.161. The first kappa shape index (κ1) is 88.1. The zero-order valence-corrected chi connectivity index (χ0v) is 60.4. The Hall–Kier alpha value is -1.94. The van der Waals surface area contributed by atoms with Crippen molar-refractivity contribution in [1.29, 1.82) is 0 Å². The van der Waals surface area contributed by atoms with Gasteiger partial charge in [-0.2, -0.15) is 0 Å². The third kappa shape index (κ3) is 63.5. The van der Waals surface area contributed by atoms with Crippen LogP contribution in [0.3, 0.4) is 0 Å². The first-order chi connectivity index (χ1) is 43.3. The first-order valence-electron chi connectivity index (χ1n) is 36.9. The van der Waals surface area contributed by atoms with Crippen molar-refractivity contribution in [3.8, 4) is 0 Å². The summed E-state index contributed by atoms with van der Waals surface area (Å²) < 4.78 is 68.2. The van der Waals surface area contributed by atoms with Gasteiger partial charge in [-0.3, -0.25) is 37.3 Å². The summed E-state index contributed by atoms with van der Waals surface area (Å²) in [6.07, 6.45) is 46.0. The first-order valence-corrected chi connectivity index (χ1v) is 39.9. The van der Waals surface area contributed by atoms with E-state index in [0.29, 0.717) is 25.7 Å². The average Bonchev–Trinajstić information content (AvgIpc) is 3.51. The van der Waals surface area contributed by atoms with Gasteiger partial charge < -0.3 is 33.8 Å². The van der Waals surface area contributed by atoms with Crippen molar-refractivity contribution in [2.24, 2.45) is 17.8 Å². The van der Waals surface area contributed by atoms with Gasteiger partial charge in [-0.15, -0.1) is 0 Å². The van der Waals surface area contributed by atoms with Gasteiger partial charge >= 0.3 is 39.5 Å². The fraction of sp³-hybridized carbons (Fsp3) is 0.944. The third-order valence-electron chi connectivity index (χ3n) is 16.7. The Morgan fingerprint density at radius 1 is 0.322 bits per heavy atom. The third-order valence-corrected chi connectivity index (χ3v) is 18.6. The van der Waals surface area contributed by atoms with Crippen molar-refractivity contribution in [3.05, 3.63) is 0 Å². The molecule has 19 heteroatoms. The molecule has 0 radical (unpaired) electrons. The monoisotopic (exact) mass is 1320 g/mol. The van der Waals surface area contributed by atoms with Gasteiger partial charge in [0.15, 0.2) is 12.2 Å². The second kappa shape index (κ2) is 61.9. The molecule has 0 rings (SSSR count). The summed E-state index contributed by atoms with van der Waals surface area (Å²) >= 11 is 0. The topological polar surface area (TPSA) is 237 Å². The number of hydrogen-bond donors (Lipinski definition) is 3. The van der Waals surface area contributed by atoms with Gasteiger partial charge in [0.05, 0.1) is 26.4 Å². The van der Waals surface area contributed by atoms with E-state index in [4.69, 9.17) is 37.0 Å². The molecule has 0 aromatic carbocycles. The smallest absolute Gasteiger partial charge is 0.462 e. The molecular formula is C71H138O17P2. The normalized spacial score (nSPS) is 14.5. The molecular weight excluding hydrogens is 1190 g/mol. The predicted octanol–water partition coefficient (Wildman–Crippen LogP) is 20.2. The Labute approximate surface area is 549 Å². The average molecular weight is 1330 g/mol. The van der Waals surface area contributed by atoms with Crippen molar-refractivity contribution in [2.75, 3.05) is 39.6 Å². The standard InChI is InChI=1S/C71H138O17P2/c1-8-10-11-12-28-38-45-52-68(73)81-58-67(88-71(76)55-48-41-34-33-37-44-51-64(7)9-2)61-86-90(79,80)84-57-65(72)56-83-89(77,78)85-60-66(59-82-69(74)53-46-39-31-26-23-19-21-25-30-36-43-50-63(5)6)87-70(75)54-47-40-32-27-22-18-16-14-13-15-17-20-24-29-35-42-49-62(3)4/h62-67,72H,8-61H2,1-7H3,(H,77,78)(H,79,80)/t64?,65-,66-,67-/m1/s1. The molecule has 0 amide bonds. The number of ether oxygens (including phenoxy) is 4. The highest BCUT2D eigenvalue weighted by Crippen LogP contribution is 2.45. The lowest BCUT2D eigenvalue weighted by Gasteiger charge is -2.21. The summed E-state index contributed by atoms with van der Waals surface area (Å²) in [7, 11) is -9.90. The van der Waals surface area contributed by atoms with Crippen molar-refractivity contribution in [1.82, 2.24) is 0 Å². The summed E-state index contributed by atoms with van der Waals surface area (Å²) in [6, 6.07) is 0. The number of hydrogen-bond acceptors (Lipinski definition) is 15. The molecule has 17 nitrogen and oxygen atoms in total. The number of phosphoric acid groups is 2. The summed E-state index contributed by atoms with van der Waals surface area (Å²) in [6.45, 7) is 11.8. The Kier molecular flexibility index (Phi) is 60.6. The van der Waals surface area contributed by atoms with Crippen LogP contribution in [0.15, 0.2) is 0 Å². The van der Waals surface area contributed by atoms with E-state index in [0.717, 1.165) is 120 Å². The van der Waals surface area contributed by atoms with E-state index in [2.05, 4.69) is 48.5 Å². The maximum Gasteiger partial charge on any atom is 0.472 e. The van der Waals surface area contributed by atoms with Crippen LogP contribution in [-0.2, 0) is 65.4 Å². The van der Waals surface area contributed by atoms with Gasteiger partial charge in [0.2, 0.25) is 0 Å². The number of carbonyl (C=O) groups is 4. The minimum atomic E-state index is -4.95. The quantitative estimate of drug-likeness (QED) is 0.0222. The van der Waals surface area contributed by atoms with Crippen molar-refractivity contribution in [2.45, 2.75) is 375 Å². The molecule has 0 saturated heterocycles. The van der Waals surface area contributed by atoms with Crippen LogP contribution < -0.4 is 0 Å².